The van der Waals surface area contributed by atoms with Crippen molar-refractivity contribution in [1.29, 1.82) is 0 Å². The molecule has 0 saturated carbocycles. The molecule has 3 heterocycles. The van der Waals surface area contributed by atoms with Crippen molar-refractivity contribution < 1.29 is 0 Å². The molecule has 1 aliphatic rings. The Bertz CT molecular complexity index is 590. The number of hydrogen-bond donors (Lipinski definition) is 1. The van der Waals surface area contributed by atoms with Crippen LogP contribution in [-0.4, -0.2) is 34.1 Å². The van der Waals surface area contributed by atoms with E-state index in [2.05, 4.69) is 33.7 Å². The first-order valence-electron chi connectivity index (χ1n) is 6.61. The molecule has 2 aromatic rings. The normalized spacial score (nSPS) is 22.7. The second kappa shape index (κ2) is 4.42. The van der Waals surface area contributed by atoms with Gasteiger partial charge in [0.05, 0.1) is 5.69 Å². The molecule has 0 radical (unpaired) electrons. The summed E-state index contributed by atoms with van der Waals surface area (Å²) >= 11 is 0. The van der Waals surface area contributed by atoms with Gasteiger partial charge in [0.25, 0.3) is 0 Å². The van der Waals surface area contributed by atoms with Crippen LogP contribution in [0, 0.1) is 5.41 Å². The van der Waals surface area contributed by atoms with Crippen LogP contribution < -0.4 is 10.6 Å². The van der Waals surface area contributed by atoms with Crippen molar-refractivity contribution in [2.45, 2.75) is 26.3 Å². The highest BCUT2D eigenvalue weighted by molar-refractivity contribution is 5.85. The fourth-order valence-electron chi connectivity index (χ4n) is 3.01. The predicted molar refractivity (Wildman–Crippen MR) is 75.9 cm³/mol. The van der Waals surface area contributed by atoms with Crippen LogP contribution >= 0.6 is 0 Å². The van der Waals surface area contributed by atoms with E-state index in [0.717, 1.165) is 30.7 Å². The summed E-state index contributed by atoms with van der Waals surface area (Å²) in [7, 11) is 0. The van der Waals surface area contributed by atoms with Gasteiger partial charge >= 0.3 is 0 Å². The molecule has 0 spiro atoms. The monoisotopic (exact) mass is 257 g/mol. The summed E-state index contributed by atoms with van der Waals surface area (Å²) < 4.78 is 0. The topological polar surface area (TPSA) is 67.9 Å². The van der Waals surface area contributed by atoms with Gasteiger partial charge in [-0.2, -0.15) is 0 Å². The molecule has 1 saturated heterocycles. The van der Waals surface area contributed by atoms with Crippen LogP contribution in [0.25, 0.3) is 11.2 Å². The lowest BCUT2D eigenvalue weighted by molar-refractivity contribution is 0.268. The van der Waals surface area contributed by atoms with Crippen LogP contribution in [0.2, 0.25) is 0 Å². The lowest BCUT2D eigenvalue weighted by atomic mass is 9.82. The van der Waals surface area contributed by atoms with Gasteiger partial charge in [-0.3, -0.25) is 0 Å². The van der Waals surface area contributed by atoms with Gasteiger partial charge in [0.2, 0.25) is 0 Å². The fraction of sp³-hybridized carbons (Fsp3) is 0.500. The van der Waals surface area contributed by atoms with Crippen LogP contribution in [0.4, 0.5) is 5.69 Å². The Labute approximate surface area is 112 Å². The number of anilines is 1. The van der Waals surface area contributed by atoms with E-state index in [-0.39, 0.29) is 11.5 Å². The van der Waals surface area contributed by atoms with Crippen LogP contribution in [0.3, 0.4) is 0 Å². The fourth-order valence-corrected chi connectivity index (χ4v) is 3.01. The van der Waals surface area contributed by atoms with Gasteiger partial charge in [-0.05, 0) is 17.9 Å². The second-order valence-electron chi connectivity index (χ2n) is 6.07. The number of hydrogen-bond acceptors (Lipinski definition) is 5. The molecule has 1 aliphatic heterocycles. The maximum Gasteiger partial charge on any atom is 0.180 e. The third-order valence-electron chi connectivity index (χ3n) is 3.58. The maximum atomic E-state index is 6.19. The molecule has 0 bridgehead atoms. The Morgan fingerprint density at radius 1 is 1.21 bits per heavy atom. The minimum atomic E-state index is 0.198. The van der Waals surface area contributed by atoms with Crippen LogP contribution in [0.1, 0.15) is 20.3 Å². The summed E-state index contributed by atoms with van der Waals surface area (Å²) in [5.41, 5.74) is 9.04. The number of nitrogens with zero attached hydrogens (tertiary/aromatic N) is 4. The highest BCUT2D eigenvalue weighted by Gasteiger charge is 2.31. The average molecular weight is 257 g/mol. The van der Waals surface area contributed by atoms with Crippen molar-refractivity contribution in [2.75, 3.05) is 18.0 Å². The standard InChI is InChI=1S/C14H19N5/c1-14(2)7-10(15)8-19(9-14)11-3-4-17-13-12(11)16-5-6-18-13/h3-6,10H,7-9,15H2,1-2H3. The number of fused-ring (bicyclic) bond motifs is 1. The SMILES string of the molecule is CC1(C)CC(N)CN(c2ccnc3nccnc23)C1. The summed E-state index contributed by atoms with van der Waals surface area (Å²) in [4.78, 5) is 15.3. The van der Waals surface area contributed by atoms with E-state index in [1.54, 1.807) is 18.6 Å². The number of aromatic nitrogens is 3. The zero-order chi connectivity index (χ0) is 13.5. The van der Waals surface area contributed by atoms with Crippen LogP contribution in [0.5, 0.6) is 0 Å². The van der Waals surface area contributed by atoms with Gasteiger partial charge in [-0.1, -0.05) is 13.8 Å². The van der Waals surface area contributed by atoms with Crippen molar-refractivity contribution in [2.24, 2.45) is 11.1 Å². The van der Waals surface area contributed by atoms with E-state index in [9.17, 15) is 0 Å². The van der Waals surface area contributed by atoms with E-state index in [4.69, 9.17) is 5.73 Å². The molecule has 1 atom stereocenters. The van der Waals surface area contributed by atoms with Gasteiger partial charge < -0.3 is 10.6 Å². The van der Waals surface area contributed by atoms with Crippen molar-refractivity contribution in [3.8, 4) is 0 Å². The molecular weight excluding hydrogens is 238 g/mol. The Hall–Kier alpha value is -1.75. The maximum absolute atomic E-state index is 6.19. The molecule has 5 nitrogen and oxygen atoms in total. The molecule has 0 amide bonds. The van der Waals surface area contributed by atoms with E-state index < -0.39 is 0 Å². The molecule has 3 rings (SSSR count). The average Bonchev–Trinajstić information content (AvgIpc) is 2.35. The molecule has 2 N–H and O–H groups in total. The van der Waals surface area contributed by atoms with Gasteiger partial charge in [-0.25, -0.2) is 15.0 Å². The van der Waals surface area contributed by atoms with Gasteiger partial charge in [-0.15, -0.1) is 0 Å². The molecule has 5 heteroatoms. The van der Waals surface area contributed by atoms with Crippen molar-refractivity contribution in [3.63, 3.8) is 0 Å². The third-order valence-corrected chi connectivity index (χ3v) is 3.58. The Morgan fingerprint density at radius 3 is 2.74 bits per heavy atom. The molecule has 1 fully saturated rings. The number of nitrogens with two attached hydrogens (primary N) is 1. The number of rotatable bonds is 1. The zero-order valence-electron chi connectivity index (χ0n) is 11.4. The summed E-state index contributed by atoms with van der Waals surface area (Å²) in [6.07, 6.45) is 6.23. The Balaban J connectivity index is 2.04. The summed E-state index contributed by atoms with van der Waals surface area (Å²) in [6, 6.07) is 2.20. The second-order valence-corrected chi connectivity index (χ2v) is 6.07. The lowest BCUT2D eigenvalue weighted by Gasteiger charge is -2.42. The summed E-state index contributed by atoms with van der Waals surface area (Å²) in [6.45, 7) is 6.36. The molecule has 0 aromatic carbocycles. The number of piperidine rings is 1. The van der Waals surface area contributed by atoms with Crippen LogP contribution in [0.15, 0.2) is 24.7 Å². The first-order valence-corrected chi connectivity index (χ1v) is 6.61. The van der Waals surface area contributed by atoms with Crippen molar-refractivity contribution in [3.05, 3.63) is 24.7 Å². The van der Waals surface area contributed by atoms with E-state index >= 15 is 0 Å². The van der Waals surface area contributed by atoms with E-state index in [1.807, 2.05) is 6.07 Å². The molecule has 100 valence electrons. The highest BCUT2D eigenvalue weighted by atomic mass is 15.2. The molecular formula is C14H19N5. The summed E-state index contributed by atoms with van der Waals surface area (Å²) in [5, 5.41) is 0. The van der Waals surface area contributed by atoms with E-state index in [0.29, 0.717) is 5.65 Å². The van der Waals surface area contributed by atoms with Gasteiger partial charge in [0.1, 0.15) is 5.52 Å². The molecule has 2 aromatic heterocycles. The Kier molecular flexibility index (Phi) is 2.86. The van der Waals surface area contributed by atoms with Crippen molar-refractivity contribution in [1.82, 2.24) is 15.0 Å². The quantitative estimate of drug-likeness (QED) is 0.840. The molecule has 0 aliphatic carbocycles. The largest absolute Gasteiger partial charge is 0.368 e. The highest BCUT2D eigenvalue weighted by Crippen LogP contribution is 2.33. The first-order chi connectivity index (χ1) is 9.05. The van der Waals surface area contributed by atoms with Crippen LogP contribution in [-0.2, 0) is 0 Å². The predicted octanol–water partition coefficient (Wildman–Crippen LogP) is 1.59. The molecule has 1 unspecified atom stereocenters. The Morgan fingerprint density at radius 2 is 1.95 bits per heavy atom. The number of pyridine rings is 1. The van der Waals surface area contributed by atoms with Crippen molar-refractivity contribution >= 4 is 16.9 Å². The minimum Gasteiger partial charge on any atom is -0.368 e. The van der Waals surface area contributed by atoms with E-state index in [1.165, 1.54) is 0 Å². The molecule has 19 heavy (non-hydrogen) atoms. The lowest BCUT2D eigenvalue weighted by Crippen LogP contribution is -2.50. The van der Waals surface area contributed by atoms with Gasteiger partial charge in [0.15, 0.2) is 5.65 Å². The minimum absolute atomic E-state index is 0.198. The zero-order valence-corrected chi connectivity index (χ0v) is 11.4. The van der Waals surface area contributed by atoms with Gasteiger partial charge in [0, 0.05) is 37.7 Å². The smallest absolute Gasteiger partial charge is 0.180 e. The third kappa shape index (κ3) is 2.38. The summed E-state index contributed by atoms with van der Waals surface area (Å²) in [5.74, 6) is 0. The first kappa shape index (κ1) is 12.3.